The van der Waals surface area contributed by atoms with Crippen molar-refractivity contribution in [1.29, 1.82) is 0 Å². The topological polar surface area (TPSA) is 83.1 Å². The molecule has 2 aromatic heterocycles. The third-order valence-electron chi connectivity index (χ3n) is 2.21. The SMILES string of the molecule is Cc1ccnc2c(C(=O)C(=O)O)c[nH]c12. The average Bonchev–Trinajstić information content (AvgIpc) is 2.61. The lowest BCUT2D eigenvalue weighted by Crippen LogP contribution is -2.12. The molecule has 0 aliphatic heterocycles. The number of fused-ring (bicyclic) bond motifs is 1. The number of nitrogens with one attached hydrogen (secondary N) is 1. The van der Waals surface area contributed by atoms with Gasteiger partial charge in [-0.1, -0.05) is 0 Å². The molecule has 0 aromatic carbocycles. The Hall–Kier alpha value is -2.17. The predicted octanol–water partition coefficient (Wildman–Crippen LogP) is 1.14. The van der Waals surface area contributed by atoms with Crippen molar-refractivity contribution in [3.8, 4) is 0 Å². The zero-order valence-corrected chi connectivity index (χ0v) is 7.94. The van der Waals surface area contributed by atoms with Crippen LogP contribution in [0.2, 0.25) is 0 Å². The first-order chi connectivity index (χ1) is 7.11. The molecule has 0 atom stereocenters. The highest BCUT2D eigenvalue weighted by molar-refractivity contribution is 6.42. The second-order valence-electron chi connectivity index (χ2n) is 3.19. The smallest absolute Gasteiger partial charge is 0.377 e. The van der Waals surface area contributed by atoms with Gasteiger partial charge in [0.1, 0.15) is 0 Å². The van der Waals surface area contributed by atoms with Crippen LogP contribution < -0.4 is 0 Å². The number of hydrogen-bond donors (Lipinski definition) is 2. The van der Waals surface area contributed by atoms with Gasteiger partial charge in [-0.05, 0) is 18.6 Å². The Morgan fingerprint density at radius 2 is 2.20 bits per heavy atom. The number of rotatable bonds is 2. The lowest BCUT2D eigenvalue weighted by molar-refractivity contribution is -0.131. The van der Waals surface area contributed by atoms with Gasteiger partial charge in [-0.2, -0.15) is 0 Å². The number of hydrogen-bond acceptors (Lipinski definition) is 3. The second kappa shape index (κ2) is 3.20. The molecule has 0 unspecified atom stereocenters. The van der Waals surface area contributed by atoms with Gasteiger partial charge in [-0.25, -0.2) is 4.79 Å². The van der Waals surface area contributed by atoms with Gasteiger partial charge in [0, 0.05) is 12.4 Å². The van der Waals surface area contributed by atoms with Crippen LogP contribution in [0.4, 0.5) is 0 Å². The fourth-order valence-electron chi connectivity index (χ4n) is 1.45. The van der Waals surface area contributed by atoms with Crippen molar-refractivity contribution < 1.29 is 14.7 Å². The first-order valence-electron chi connectivity index (χ1n) is 4.31. The highest BCUT2D eigenvalue weighted by Crippen LogP contribution is 2.18. The number of aromatic amines is 1. The minimum atomic E-state index is -1.47. The Morgan fingerprint density at radius 3 is 2.87 bits per heavy atom. The molecule has 5 nitrogen and oxygen atoms in total. The fraction of sp³-hybridized carbons (Fsp3) is 0.100. The van der Waals surface area contributed by atoms with Gasteiger partial charge in [0.2, 0.25) is 0 Å². The van der Waals surface area contributed by atoms with E-state index in [0.29, 0.717) is 11.0 Å². The zero-order chi connectivity index (χ0) is 11.0. The highest BCUT2D eigenvalue weighted by Gasteiger charge is 2.19. The minimum Gasteiger partial charge on any atom is -0.475 e. The van der Waals surface area contributed by atoms with Crippen molar-refractivity contribution in [3.63, 3.8) is 0 Å². The Kier molecular flexibility index (Phi) is 2.00. The van der Waals surface area contributed by atoms with Crippen LogP contribution in [-0.2, 0) is 4.79 Å². The number of aromatic nitrogens is 2. The summed E-state index contributed by atoms with van der Waals surface area (Å²) in [5.74, 6) is -2.42. The third-order valence-corrected chi connectivity index (χ3v) is 2.21. The van der Waals surface area contributed by atoms with Gasteiger partial charge < -0.3 is 10.1 Å². The molecule has 2 rings (SSSR count). The van der Waals surface area contributed by atoms with Crippen LogP contribution in [0.3, 0.4) is 0 Å². The number of ketones is 1. The van der Waals surface area contributed by atoms with Crippen LogP contribution in [0, 0.1) is 6.92 Å². The molecular weight excluding hydrogens is 196 g/mol. The lowest BCUT2D eigenvalue weighted by Gasteiger charge is -1.95. The second-order valence-corrected chi connectivity index (χ2v) is 3.19. The summed E-state index contributed by atoms with van der Waals surface area (Å²) in [7, 11) is 0. The van der Waals surface area contributed by atoms with Gasteiger partial charge in [0.15, 0.2) is 0 Å². The number of aliphatic carboxylic acids is 1. The van der Waals surface area contributed by atoms with Gasteiger partial charge in [-0.15, -0.1) is 0 Å². The Labute approximate surface area is 84.8 Å². The highest BCUT2D eigenvalue weighted by atomic mass is 16.4. The van der Waals surface area contributed by atoms with Crippen LogP contribution in [0.15, 0.2) is 18.5 Å². The summed E-state index contributed by atoms with van der Waals surface area (Å²) in [6.07, 6.45) is 2.92. The van der Waals surface area contributed by atoms with E-state index < -0.39 is 11.8 Å². The first kappa shape index (κ1) is 9.39. The summed E-state index contributed by atoms with van der Waals surface area (Å²) < 4.78 is 0. The fourth-order valence-corrected chi connectivity index (χ4v) is 1.45. The molecule has 2 heterocycles. The van der Waals surface area contributed by atoms with Gasteiger partial charge in [0.25, 0.3) is 5.78 Å². The summed E-state index contributed by atoms with van der Waals surface area (Å²) in [5.41, 5.74) is 2.12. The maximum atomic E-state index is 11.3. The molecule has 0 bridgehead atoms. The molecule has 0 fully saturated rings. The molecule has 0 radical (unpaired) electrons. The number of H-pyrrole nitrogens is 1. The molecule has 2 N–H and O–H groups in total. The maximum Gasteiger partial charge on any atom is 0.377 e. The molecular formula is C10H8N2O3. The van der Waals surface area contributed by atoms with Gasteiger partial charge in [-0.3, -0.25) is 9.78 Å². The van der Waals surface area contributed by atoms with E-state index in [-0.39, 0.29) is 5.56 Å². The van der Waals surface area contributed by atoms with E-state index in [0.717, 1.165) is 5.56 Å². The molecule has 5 heteroatoms. The Bertz CT molecular complexity index is 557. The molecule has 0 aliphatic rings. The van der Waals surface area contributed by atoms with E-state index in [2.05, 4.69) is 9.97 Å². The molecule has 0 aliphatic carbocycles. The van der Waals surface area contributed by atoms with Crippen molar-refractivity contribution in [1.82, 2.24) is 9.97 Å². The van der Waals surface area contributed by atoms with Crippen molar-refractivity contribution >= 4 is 22.8 Å². The summed E-state index contributed by atoms with van der Waals surface area (Å²) in [5, 5.41) is 8.59. The van der Waals surface area contributed by atoms with E-state index in [1.54, 1.807) is 12.3 Å². The van der Waals surface area contributed by atoms with Crippen molar-refractivity contribution in [3.05, 3.63) is 29.6 Å². The minimum absolute atomic E-state index is 0.0983. The number of carboxylic acids is 1. The zero-order valence-electron chi connectivity index (χ0n) is 7.94. The predicted molar refractivity (Wildman–Crippen MR) is 52.8 cm³/mol. The molecule has 0 saturated heterocycles. The summed E-state index contributed by atoms with van der Waals surface area (Å²) in [6, 6.07) is 1.79. The molecule has 76 valence electrons. The number of carboxylic acid groups (broad SMARTS) is 1. The van der Waals surface area contributed by atoms with E-state index in [4.69, 9.17) is 5.11 Å². The van der Waals surface area contributed by atoms with Crippen molar-refractivity contribution in [2.24, 2.45) is 0 Å². The molecule has 0 spiro atoms. The normalized spacial score (nSPS) is 10.5. The van der Waals surface area contributed by atoms with Gasteiger partial charge >= 0.3 is 5.97 Å². The third kappa shape index (κ3) is 1.38. The Balaban J connectivity index is 2.69. The monoisotopic (exact) mass is 204 g/mol. The first-order valence-corrected chi connectivity index (χ1v) is 4.31. The number of Topliss-reactive ketones (excluding diaryl/α,β-unsaturated/α-hetero) is 1. The van der Waals surface area contributed by atoms with Crippen molar-refractivity contribution in [2.75, 3.05) is 0 Å². The van der Waals surface area contributed by atoms with Crippen LogP contribution in [0.1, 0.15) is 15.9 Å². The average molecular weight is 204 g/mol. The van der Waals surface area contributed by atoms with E-state index in [1.807, 2.05) is 6.92 Å². The van der Waals surface area contributed by atoms with Crippen LogP contribution in [0.5, 0.6) is 0 Å². The standard InChI is InChI=1S/C10H8N2O3/c1-5-2-3-11-8-6(4-12-7(5)8)9(13)10(14)15/h2-4,12H,1H3,(H,14,15). The number of carbonyl (C=O) groups is 2. The van der Waals surface area contributed by atoms with Crippen LogP contribution >= 0.6 is 0 Å². The molecule has 2 aromatic rings. The van der Waals surface area contributed by atoms with Crippen LogP contribution in [-0.4, -0.2) is 26.8 Å². The number of aryl methyl sites for hydroxylation is 1. The maximum absolute atomic E-state index is 11.3. The van der Waals surface area contributed by atoms with Crippen LogP contribution in [0.25, 0.3) is 11.0 Å². The number of pyridine rings is 1. The van der Waals surface area contributed by atoms with E-state index in [1.165, 1.54) is 6.20 Å². The quantitative estimate of drug-likeness (QED) is 0.567. The molecule has 0 saturated carbocycles. The summed E-state index contributed by atoms with van der Waals surface area (Å²) >= 11 is 0. The summed E-state index contributed by atoms with van der Waals surface area (Å²) in [6.45, 7) is 1.86. The largest absolute Gasteiger partial charge is 0.475 e. The van der Waals surface area contributed by atoms with Gasteiger partial charge in [0.05, 0.1) is 16.6 Å². The van der Waals surface area contributed by atoms with Crippen molar-refractivity contribution in [2.45, 2.75) is 6.92 Å². The number of nitrogens with zero attached hydrogens (tertiary/aromatic N) is 1. The lowest BCUT2D eigenvalue weighted by atomic mass is 10.1. The Morgan fingerprint density at radius 1 is 1.47 bits per heavy atom. The summed E-state index contributed by atoms with van der Waals surface area (Å²) in [4.78, 5) is 28.6. The van der Waals surface area contributed by atoms with E-state index >= 15 is 0 Å². The molecule has 15 heavy (non-hydrogen) atoms. The number of carbonyl (C=O) groups excluding carboxylic acids is 1. The molecule has 0 amide bonds. The van der Waals surface area contributed by atoms with E-state index in [9.17, 15) is 9.59 Å².